The average Bonchev–Trinajstić information content (AvgIpc) is 2.54. The normalized spacial score (nSPS) is 33.9. The molecule has 0 heterocycles. The van der Waals surface area contributed by atoms with E-state index < -0.39 is 11.9 Å². The maximum atomic E-state index is 13.1. The summed E-state index contributed by atoms with van der Waals surface area (Å²) in [6.45, 7) is 0. The van der Waals surface area contributed by atoms with Gasteiger partial charge in [0.1, 0.15) is 6.04 Å². The fraction of sp³-hybridized carbons (Fsp3) is 0.600. The van der Waals surface area contributed by atoms with Crippen molar-refractivity contribution in [1.82, 2.24) is 5.32 Å². The summed E-state index contributed by atoms with van der Waals surface area (Å²) in [5.74, 6) is 1.65. The molecule has 4 aliphatic carbocycles. The van der Waals surface area contributed by atoms with Crippen molar-refractivity contribution < 1.29 is 9.59 Å². The Kier molecular flexibility index (Phi) is 4.27. The zero-order valence-electron chi connectivity index (χ0n) is 14.3. The maximum Gasteiger partial charge on any atom is 0.240 e. The molecule has 4 nitrogen and oxygen atoms in total. The lowest BCUT2D eigenvalue weighted by Crippen LogP contribution is -2.57. The van der Waals surface area contributed by atoms with Gasteiger partial charge in [0.05, 0.1) is 0 Å². The Morgan fingerprint density at radius 2 is 1.60 bits per heavy atom. The zero-order chi connectivity index (χ0) is 17.6. The van der Waals surface area contributed by atoms with Crippen LogP contribution in [-0.4, -0.2) is 17.9 Å². The van der Waals surface area contributed by atoms with E-state index in [1.54, 1.807) is 12.1 Å². The van der Waals surface area contributed by atoms with Crippen molar-refractivity contribution in [2.75, 3.05) is 0 Å². The van der Waals surface area contributed by atoms with Gasteiger partial charge in [-0.25, -0.2) is 0 Å². The molecule has 1 atom stereocenters. The summed E-state index contributed by atoms with van der Waals surface area (Å²) >= 11 is 5.91. The Bertz CT molecular complexity index is 650. The molecule has 25 heavy (non-hydrogen) atoms. The molecule has 1 aromatic rings. The van der Waals surface area contributed by atoms with Crippen LogP contribution in [0, 0.1) is 23.2 Å². The van der Waals surface area contributed by atoms with Gasteiger partial charge in [-0.05, 0) is 74.0 Å². The first-order chi connectivity index (χ1) is 11.9. The minimum atomic E-state index is -0.665. The van der Waals surface area contributed by atoms with Crippen LogP contribution in [0.2, 0.25) is 5.02 Å². The molecule has 0 spiro atoms. The van der Waals surface area contributed by atoms with Crippen LogP contribution in [0.25, 0.3) is 0 Å². The Hall–Kier alpha value is -1.55. The molecule has 0 aliphatic heterocycles. The summed E-state index contributed by atoms with van der Waals surface area (Å²) in [5, 5.41) is 3.64. The molecule has 5 heteroatoms. The van der Waals surface area contributed by atoms with E-state index in [4.69, 9.17) is 17.3 Å². The fourth-order valence-corrected chi connectivity index (χ4v) is 5.91. The van der Waals surface area contributed by atoms with Crippen LogP contribution in [0.1, 0.15) is 44.1 Å². The lowest BCUT2D eigenvalue weighted by atomic mass is 9.49. The van der Waals surface area contributed by atoms with Crippen molar-refractivity contribution in [3.8, 4) is 0 Å². The second-order valence-electron chi connectivity index (χ2n) is 8.46. The van der Waals surface area contributed by atoms with Gasteiger partial charge < -0.3 is 11.1 Å². The Balaban J connectivity index is 1.47. The van der Waals surface area contributed by atoms with Crippen molar-refractivity contribution in [1.29, 1.82) is 0 Å². The van der Waals surface area contributed by atoms with E-state index in [0.29, 0.717) is 29.2 Å². The number of primary amides is 1. The third kappa shape index (κ3) is 3.29. The number of carbonyl (C=O) groups is 2. The van der Waals surface area contributed by atoms with Crippen molar-refractivity contribution in [2.24, 2.45) is 28.9 Å². The summed E-state index contributed by atoms with van der Waals surface area (Å²) < 4.78 is 0. The van der Waals surface area contributed by atoms with Gasteiger partial charge in [-0.1, -0.05) is 23.7 Å². The molecule has 4 saturated carbocycles. The number of hydrogen-bond donors (Lipinski definition) is 2. The second-order valence-corrected chi connectivity index (χ2v) is 8.89. The number of benzene rings is 1. The van der Waals surface area contributed by atoms with E-state index in [9.17, 15) is 9.59 Å². The highest BCUT2D eigenvalue weighted by molar-refractivity contribution is 6.30. The third-order valence-electron chi connectivity index (χ3n) is 6.52. The lowest BCUT2D eigenvalue weighted by Gasteiger charge is -2.55. The van der Waals surface area contributed by atoms with Crippen LogP contribution in [0.3, 0.4) is 0 Å². The van der Waals surface area contributed by atoms with Crippen LogP contribution < -0.4 is 11.1 Å². The van der Waals surface area contributed by atoms with E-state index in [0.717, 1.165) is 24.8 Å². The molecule has 4 aliphatic rings. The largest absolute Gasteiger partial charge is 0.368 e. The minimum Gasteiger partial charge on any atom is -0.368 e. The summed E-state index contributed by atoms with van der Waals surface area (Å²) in [6, 6.07) is 6.65. The van der Waals surface area contributed by atoms with Crippen LogP contribution in [0.5, 0.6) is 0 Å². The van der Waals surface area contributed by atoms with Gasteiger partial charge in [-0.2, -0.15) is 0 Å². The Morgan fingerprint density at radius 1 is 1.08 bits per heavy atom. The van der Waals surface area contributed by atoms with E-state index in [1.165, 1.54) is 19.3 Å². The second kappa shape index (κ2) is 6.31. The van der Waals surface area contributed by atoms with Gasteiger partial charge in [-0.3, -0.25) is 9.59 Å². The summed E-state index contributed by atoms with van der Waals surface area (Å²) in [7, 11) is 0. The maximum absolute atomic E-state index is 13.1. The Morgan fingerprint density at radius 3 is 2.08 bits per heavy atom. The van der Waals surface area contributed by atoms with Gasteiger partial charge in [0, 0.05) is 16.9 Å². The number of rotatable bonds is 5. The molecule has 0 unspecified atom stereocenters. The number of halogens is 1. The number of nitrogens with one attached hydrogen (secondary N) is 1. The third-order valence-corrected chi connectivity index (χ3v) is 6.77. The van der Waals surface area contributed by atoms with Gasteiger partial charge in [0.25, 0.3) is 0 Å². The molecule has 3 N–H and O–H groups in total. The van der Waals surface area contributed by atoms with Crippen LogP contribution in [0.15, 0.2) is 24.3 Å². The standard InChI is InChI=1S/C20H25ClN2O2/c21-16-3-1-12(2-4-16)8-17(18(22)24)23-19(25)20-9-13-5-14(10-20)7-15(6-13)11-20/h1-4,13-15,17H,5-11H2,(H2,22,24)(H,23,25)/t13?,14?,15?,17-,20?/m0/s1. The van der Waals surface area contributed by atoms with E-state index in [2.05, 4.69) is 5.32 Å². The molecule has 0 aromatic heterocycles. The van der Waals surface area contributed by atoms with Gasteiger partial charge in [0.15, 0.2) is 0 Å². The number of carbonyl (C=O) groups excluding carboxylic acids is 2. The molecule has 4 fully saturated rings. The van der Waals surface area contributed by atoms with Gasteiger partial charge in [0.2, 0.25) is 11.8 Å². The van der Waals surface area contributed by atoms with Crippen LogP contribution in [-0.2, 0) is 16.0 Å². The number of hydrogen-bond acceptors (Lipinski definition) is 2. The summed E-state index contributed by atoms with van der Waals surface area (Å²) in [6.07, 6.45) is 7.22. The molecule has 1 aromatic carbocycles. The van der Waals surface area contributed by atoms with Crippen molar-refractivity contribution in [2.45, 2.75) is 51.0 Å². The van der Waals surface area contributed by atoms with Gasteiger partial charge >= 0.3 is 0 Å². The fourth-order valence-electron chi connectivity index (χ4n) is 5.78. The predicted octanol–water partition coefficient (Wildman–Crippen LogP) is 3.07. The van der Waals surface area contributed by atoms with Crippen molar-refractivity contribution in [3.63, 3.8) is 0 Å². The van der Waals surface area contributed by atoms with E-state index in [1.807, 2.05) is 12.1 Å². The highest BCUT2D eigenvalue weighted by Gasteiger charge is 2.54. The smallest absolute Gasteiger partial charge is 0.240 e. The predicted molar refractivity (Wildman–Crippen MR) is 96.9 cm³/mol. The molecule has 2 amide bonds. The van der Waals surface area contributed by atoms with Crippen LogP contribution >= 0.6 is 11.6 Å². The minimum absolute atomic E-state index is 0.0457. The lowest BCUT2D eigenvalue weighted by molar-refractivity contribution is -0.148. The molecule has 0 radical (unpaired) electrons. The quantitative estimate of drug-likeness (QED) is 0.847. The molecule has 4 bridgehead atoms. The first-order valence-electron chi connectivity index (χ1n) is 9.28. The van der Waals surface area contributed by atoms with E-state index in [-0.39, 0.29) is 11.3 Å². The van der Waals surface area contributed by atoms with E-state index >= 15 is 0 Å². The average molecular weight is 361 g/mol. The number of amides is 2. The topological polar surface area (TPSA) is 72.2 Å². The van der Waals surface area contributed by atoms with Crippen LogP contribution in [0.4, 0.5) is 0 Å². The Labute approximate surface area is 153 Å². The number of nitrogens with two attached hydrogens (primary N) is 1. The highest BCUT2D eigenvalue weighted by atomic mass is 35.5. The molecule has 134 valence electrons. The first-order valence-corrected chi connectivity index (χ1v) is 9.66. The highest BCUT2D eigenvalue weighted by Crippen LogP contribution is 2.60. The van der Waals surface area contributed by atoms with Gasteiger partial charge in [-0.15, -0.1) is 0 Å². The first kappa shape index (κ1) is 16.9. The molecule has 0 saturated heterocycles. The molecular weight excluding hydrogens is 336 g/mol. The SMILES string of the molecule is NC(=O)[C@H](Cc1ccc(Cl)cc1)NC(=O)C12CC3CC(CC(C3)C1)C2. The summed E-state index contributed by atoms with van der Waals surface area (Å²) in [4.78, 5) is 25.0. The molecular formula is C20H25ClN2O2. The zero-order valence-corrected chi connectivity index (χ0v) is 15.1. The van der Waals surface area contributed by atoms with Crippen molar-refractivity contribution in [3.05, 3.63) is 34.9 Å². The molecule has 5 rings (SSSR count). The summed E-state index contributed by atoms with van der Waals surface area (Å²) in [5.41, 5.74) is 6.26. The monoisotopic (exact) mass is 360 g/mol. The van der Waals surface area contributed by atoms with Crippen molar-refractivity contribution >= 4 is 23.4 Å².